The summed E-state index contributed by atoms with van der Waals surface area (Å²) in [6, 6.07) is 10.4. The number of carbonyl (C=O) groups is 1. The van der Waals surface area contributed by atoms with Crippen LogP contribution in [0.2, 0.25) is 0 Å². The fourth-order valence-corrected chi connectivity index (χ4v) is 3.00. The van der Waals surface area contributed by atoms with E-state index in [1.54, 1.807) is 0 Å². The molecule has 1 aliphatic heterocycles. The Hall–Kier alpha value is -1.85. The summed E-state index contributed by atoms with van der Waals surface area (Å²) in [5.41, 5.74) is 3.14. The summed E-state index contributed by atoms with van der Waals surface area (Å²) in [7, 11) is 0. The number of nitrogens with one attached hydrogen (secondary N) is 2. The number of nitrogens with zero attached hydrogens (tertiary/aromatic N) is 2. The van der Waals surface area contributed by atoms with E-state index in [1.165, 1.54) is 5.56 Å². The van der Waals surface area contributed by atoms with Crippen molar-refractivity contribution in [3.05, 3.63) is 41.6 Å². The lowest BCUT2D eigenvalue weighted by Crippen LogP contribution is -2.28. The first-order valence-corrected chi connectivity index (χ1v) is 8.73. The number of aryl methyl sites for hydroxylation is 1. The second-order valence-electron chi connectivity index (χ2n) is 6.90. The summed E-state index contributed by atoms with van der Waals surface area (Å²) < 4.78 is 1.83. The third kappa shape index (κ3) is 4.83. The molecule has 0 saturated carbocycles. The number of halogens is 1. The first-order valence-electron chi connectivity index (χ1n) is 8.73. The lowest BCUT2D eigenvalue weighted by atomic mass is 10.1. The minimum Gasteiger partial charge on any atom is -0.313 e. The van der Waals surface area contributed by atoms with Gasteiger partial charge in [0.25, 0.3) is 0 Å². The quantitative estimate of drug-likeness (QED) is 0.850. The third-order valence-corrected chi connectivity index (χ3v) is 4.46. The number of hydrogen-bond donors (Lipinski definition) is 2. The molecule has 0 aliphatic carbocycles. The first kappa shape index (κ1) is 19.5. The number of amides is 1. The van der Waals surface area contributed by atoms with Crippen LogP contribution < -0.4 is 10.6 Å². The Morgan fingerprint density at radius 1 is 1.36 bits per heavy atom. The number of rotatable bonds is 5. The van der Waals surface area contributed by atoms with Crippen molar-refractivity contribution < 1.29 is 4.79 Å². The summed E-state index contributed by atoms with van der Waals surface area (Å²) >= 11 is 0. The van der Waals surface area contributed by atoms with Crippen LogP contribution in [0.3, 0.4) is 0 Å². The van der Waals surface area contributed by atoms with E-state index in [2.05, 4.69) is 48.6 Å². The number of anilines is 1. The molecule has 1 fully saturated rings. The Bertz CT molecular complexity index is 703. The van der Waals surface area contributed by atoms with Crippen molar-refractivity contribution in [2.24, 2.45) is 0 Å². The van der Waals surface area contributed by atoms with Crippen LogP contribution in [0.1, 0.15) is 50.3 Å². The standard InChI is InChI=1S/C19H26N4O.ClH/c1-13(2)17-12-18(21-19(24)11-15-5-4-10-20-15)23(22-17)16-8-6-14(3)7-9-16;/h6-9,12-13,15,20H,4-5,10-11H2,1-3H3,(H,21,24);1H. The van der Waals surface area contributed by atoms with Crippen LogP contribution in [0.25, 0.3) is 5.69 Å². The van der Waals surface area contributed by atoms with Crippen molar-refractivity contribution in [3.8, 4) is 5.69 Å². The molecule has 1 aromatic carbocycles. The Kier molecular flexibility index (Phi) is 6.62. The second-order valence-corrected chi connectivity index (χ2v) is 6.90. The van der Waals surface area contributed by atoms with Crippen LogP contribution in [0.4, 0.5) is 5.82 Å². The molecule has 136 valence electrons. The van der Waals surface area contributed by atoms with E-state index in [1.807, 2.05) is 22.9 Å². The first-order chi connectivity index (χ1) is 11.5. The molecule has 6 heteroatoms. The summed E-state index contributed by atoms with van der Waals surface area (Å²) in [5, 5.41) is 11.1. The Morgan fingerprint density at radius 3 is 2.68 bits per heavy atom. The van der Waals surface area contributed by atoms with Gasteiger partial charge >= 0.3 is 0 Å². The second kappa shape index (κ2) is 8.50. The predicted molar refractivity (Wildman–Crippen MR) is 104 cm³/mol. The van der Waals surface area contributed by atoms with Gasteiger partial charge in [-0.2, -0.15) is 5.10 Å². The van der Waals surface area contributed by atoms with E-state index >= 15 is 0 Å². The summed E-state index contributed by atoms with van der Waals surface area (Å²) in [6.45, 7) is 7.28. The normalized spacial score (nSPS) is 16.7. The van der Waals surface area contributed by atoms with Crippen molar-refractivity contribution in [1.29, 1.82) is 0 Å². The van der Waals surface area contributed by atoms with Gasteiger partial charge in [-0.15, -0.1) is 12.4 Å². The SMILES string of the molecule is Cc1ccc(-n2nc(C(C)C)cc2NC(=O)CC2CCCN2)cc1.Cl. The number of aromatic nitrogens is 2. The van der Waals surface area contributed by atoms with E-state index in [0.717, 1.165) is 36.6 Å². The predicted octanol–water partition coefficient (Wildman–Crippen LogP) is 3.81. The van der Waals surface area contributed by atoms with Crippen LogP contribution in [-0.4, -0.2) is 28.3 Å². The zero-order valence-corrected chi connectivity index (χ0v) is 15.9. The molecule has 0 bridgehead atoms. The van der Waals surface area contributed by atoms with Gasteiger partial charge in [-0.25, -0.2) is 4.68 Å². The van der Waals surface area contributed by atoms with Crippen LogP contribution >= 0.6 is 12.4 Å². The van der Waals surface area contributed by atoms with Crippen molar-refractivity contribution in [1.82, 2.24) is 15.1 Å². The van der Waals surface area contributed by atoms with Gasteiger partial charge in [-0.05, 0) is 44.4 Å². The smallest absolute Gasteiger partial charge is 0.227 e. The van der Waals surface area contributed by atoms with Gasteiger partial charge in [-0.1, -0.05) is 31.5 Å². The molecular weight excluding hydrogens is 336 g/mol. The van der Waals surface area contributed by atoms with Gasteiger partial charge < -0.3 is 10.6 Å². The van der Waals surface area contributed by atoms with Gasteiger partial charge in [0.05, 0.1) is 11.4 Å². The zero-order valence-electron chi connectivity index (χ0n) is 15.1. The van der Waals surface area contributed by atoms with Crippen LogP contribution in [0.15, 0.2) is 30.3 Å². The highest BCUT2D eigenvalue weighted by Gasteiger charge is 2.19. The molecule has 25 heavy (non-hydrogen) atoms. The summed E-state index contributed by atoms with van der Waals surface area (Å²) in [4.78, 5) is 12.4. The molecule has 0 spiro atoms. The maximum absolute atomic E-state index is 12.4. The lowest BCUT2D eigenvalue weighted by Gasteiger charge is -2.12. The molecule has 2 heterocycles. The minimum absolute atomic E-state index is 0. The van der Waals surface area contributed by atoms with Crippen molar-refractivity contribution >= 4 is 24.1 Å². The zero-order chi connectivity index (χ0) is 17.1. The fraction of sp³-hybridized carbons (Fsp3) is 0.474. The molecule has 3 rings (SSSR count). The minimum atomic E-state index is 0. The average molecular weight is 363 g/mol. The van der Waals surface area contributed by atoms with Crippen molar-refractivity contribution in [2.45, 2.75) is 52.0 Å². The maximum Gasteiger partial charge on any atom is 0.227 e. The number of benzene rings is 1. The molecule has 1 saturated heterocycles. The number of hydrogen-bond acceptors (Lipinski definition) is 3. The maximum atomic E-state index is 12.4. The van der Waals surface area contributed by atoms with Crippen molar-refractivity contribution in [2.75, 3.05) is 11.9 Å². The number of carbonyl (C=O) groups excluding carboxylic acids is 1. The van der Waals surface area contributed by atoms with Gasteiger partial charge in [0.15, 0.2) is 0 Å². The van der Waals surface area contributed by atoms with E-state index in [4.69, 9.17) is 0 Å². The highest BCUT2D eigenvalue weighted by molar-refractivity contribution is 5.90. The fourth-order valence-electron chi connectivity index (χ4n) is 3.00. The van der Waals surface area contributed by atoms with Gasteiger partial charge in [0.2, 0.25) is 5.91 Å². The lowest BCUT2D eigenvalue weighted by molar-refractivity contribution is -0.116. The van der Waals surface area contributed by atoms with E-state index < -0.39 is 0 Å². The van der Waals surface area contributed by atoms with Gasteiger partial charge in [0.1, 0.15) is 5.82 Å². The molecule has 5 nitrogen and oxygen atoms in total. The summed E-state index contributed by atoms with van der Waals surface area (Å²) in [5.74, 6) is 1.09. The molecule has 0 radical (unpaired) electrons. The highest BCUT2D eigenvalue weighted by Crippen LogP contribution is 2.23. The molecule has 2 N–H and O–H groups in total. The molecule has 2 aromatic rings. The Morgan fingerprint density at radius 2 is 2.08 bits per heavy atom. The molecule has 1 aliphatic rings. The molecule has 1 aromatic heterocycles. The van der Waals surface area contributed by atoms with Gasteiger partial charge in [0, 0.05) is 18.5 Å². The molecule has 1 atom stereocenters. The van der Waals surface area contributed by atoms with Crippen LogP contribution in [-0.2, 0) is 4.79 Å². The van der Waals surface area contributed by atoms with E-state index in [0.29, 0.717) is 18.4 Å². The highest BCUT2D eigenvalue weighted by atomic mass is 35.5. The van der Waals surface area contributed by atoms with Crippen molar-refractivity contribution in [3.63, 3.8) is 0 Å². The Labute approximate surface area is 155 Å². The third-order valence-electron chi connectivity index (χ3n) is 4.46. The molecule has 1 unspecified atom stereocenters. The van der Waals surface area contributed by atoms with E-state index in [9.17, 15) is 4.79 Å². The van der Waals surface area contributed by atoms with Crippen LogP contribution in [0, 0.1) is 6.92 Å². The van der Waals surface area contributed by atoms with Crippen LogP contribution in [0.5, 0.6) is 0 Å². The summed E-state index contributed by atoms with van der Waals surface area (Å²) in [6.07, 6.45) is 2.73. The largest absolute Gasteiger partial charge is 0.313 e. The topological polar surface area (TPSA) is 59.0 Å². The Balaban J connectivity index is 0.00000225. The molecular formula is C19H27ClN4O. The van der Waals surface area contributed by atoms with E-state index in [-0.39, 0.29) is 18.3 Å². The van der Waals surface area contributed by atoms with Gasteiger partial charge in [-0.3, -0.25) is 4.79 Å². The monoisotopic (exact) mass is 362 g/mol. The average Bonchev–Trinajstić information content (AvgIpc) is 3.18. The molecule has 1 amide bonds.